The summed E-state index contributed by atoms with van der Waals surface area (Å²) in [6.07, 6.45) is 0.561. The Morgan fingerprint density at radius 1 is 1.64 bits per heavy atom. The van der Waals surface area contributed by atoms with Gasteiger partial charge in [0.1, 0.15) is 9.75 Å². The maximum absolute atomic E-state index is 11.0. The molecular weight excluding hydrogens is 220 g/mol. The third-order valence-corrected chi connectivity index (χ3v) is 4.25. The Labute approximate surface area is 90.7 Å². The molecular formula is C8H12N2O2S2. The molecule has 0 aliphatic heterocycles. The number of hydrogen-bond donors (Lipinski definition) is 1. The Balaban J connectivity index is 2.80. The Bertz CT molecular complexity index is 340. The van der Waals surface area contributed by atoms with Gasteiger partial charge in [-0.15, -0.1) is 10.2 Å². The quantitative estimate of drug-likeness (QED) is 0.806. The average molecular weight is 232 g/mol. The number of nitrogens with zero attached hydrogens (tertiary/aromatic N) is 2. The van der Waals surface area contributed by atoms with Crippen LogP contribution in [0.1, 0.15) is 25.3 Å². The molecule has 78 valence electrons. The van der Waals surface area contributed by atoms with Crippen LogP contribution in [0.15, 0.2) is 4.34 Å². The van der Waals surface area contributed by atoms with Crippen LogP contribution in [-0.4, -0.2) is 26.0 Å². The molecule has 0 aromatic carbocycles. The van der Waals surface area contributed by atoms with Gasteiger partial charge in [-0.1, -0.05) is 30.0 Å². The summed E-state index contributed by atoms with van der Waals surface area (Å²) in [4.78, 5) is 11.0. The smallest absolute Gasteiger partial charge is 0.319 e. The molecule has 6 heteroatoms. The van der Waals surface area contributed by atoms with Crippen LogP contribution in [0.25, 0.3) is 0 Å². The fourth-order valence-corrected chi connectivity index (χ4v) is 2.97. The zero-order valence-electron chi connectivity index (χ0n) is 8.27. The van der Waals surface area contributed by atoms with E-state index >= 15 is 0 Å². The minimum atomic E-state index is -0.808. The van der Waals surface area contributed by atoms with Crippen molar-refractivity contribution in [2.24, 2.45) is 0 Å². The Hall–Kier alpha value is -0.620. The molecule has 0 aliphatic carbocycles. The number of aliphatic carboxylic acids is 1. The molecule has 0 saturated carbocycles. The standard InChI is InChI=1S/C8H12N2O2S2/c1-4-8(3,6(11)12)14-7-10-9-5(2)13-7/h4H2,1-3H3,(H,11,12). The Morgan fingerprint density at radius 3 is 2.64 bits per heavy atom. The maximum atomic E-state index is 11.0. The van der Waals surface area contributed by atoms with E-state index in [1.807, 2.05) is 13.8 Å². The number of carboxylic acid groups (broad SMARTS) is 1. The molecule has 1 atom stereocenters. The number of carbonyl (C=O) groups is 1. The van der Waals surface area contributed by atoms with Crippen molar-refractivity contribution in [2.75, 3.05) is 0 Å². The molecule has 0 bridgehead atoms. The lowest BCUT2D eigenvalue weighted by Crippen LogP contribution is -2.30. The molecule has 1 unspecified atom stereocenters. The predicted octanol–water partition coefficient (Wildman–Crippen LogP) is 2.19. The first-order valence-corrected chi connectivity index (χ1v) is 5.84. The van der Waals surface area contributed by atoms with Gasteiger partial charge in [-0.05, 0) is 20.3 Å². The van der Waals surface area contributed by atoms with Crippen molar-refractivity contribution >= 4 is 29.1 Å². The summed E-state index contributed by atoms with van der Waals surface area (Å²) in [5, 5.41) is 17.6. The van der Waals surface area contributed by atoms with Crippen LogP contribution in [0, 0.1) is 6.92 Å². The molecule has 1 N–H and O–H groups in total. The topological polar surface area (TPSA) is 63.1 Å². The molecule has 1 heterocycles. The molecule has 0 amide bonds. The van der Waals surface area contributed by atoms with E-state index < -0.39 is 10.7 Å². The third-order valence-electron chi connectivity index (χ3n) is 1.95. The molecule has 1 aromatic rings. The largest absolute Gasteiger partial charge is 0.480 e. The number of hydrogen-bond acceptors (Lipinski definition) is 5. The van der Waals surface area contributed by atoms with E-state index in [-0.39, 0.29) is 0 Å². The summed E-state index contributed by atoms with van der Waals surface area (Å²) < 4.78 is -0.0827. The van der Waals surface area contributed by atoms with Gasteiger partial charge >= 0.3 is 5.97 Å². The normalized spacial score (nSPS) is 15.1. The van der Waals surface area contributed by atoms with Gasteiger partial charge in [0.05, 0.1) is 0 Å². The van der Waals surface area contributed by atoms with Gasteiger partial charge < -0.3 is 5.11 Å². The SMILES string of the molecule is CCC(C)(Sc1nnc(C)s1)C(=O)O. The molecule has 0 fully saturated rings. The lowest BCUT2D eigenvalue weighted by molar-refractivity contribution is -0.139. The molecule has 0 saturated heterocycles. The van der Waals surface area contributed by atoms with Crippen LogP contribution in [0.2, 0.25) is 0 Å². The van der Waals surface area contributed by atoms with Crippen molar-refractivity contribution < 1.29 is 9.90 Å². The van der Waals surface area contributed by atoms with Crippen molar-refractivity contribution in [3.63, 3.8) is 0 Å². The first-order chi connectivity index (χ1) is 6.48. The molecule has 4 nitrogen and oxygen atoms in total. The number of thioether (sulfide) groups is 1. The predicted molar refractivity (Wildman–Crippen MR) is 56.8 cm³/mol. The molecule has 14 heavy (non-hydrogen) atoms. The highest BCUT2D eigenvalue weighted by molar-refractivity contribution is 8.03. The summed E-state index contributed by atoms with van der Waals surface area (Å²) in [6, 6.07) is 0. The molecule has 0 aliphatic rings. The van der Waals surface area contributed by atoms with Crippen molar-refractivity contribution in [1.82, 2.24) is 10.2 Å². The van der Waals surface area contributed by atoms with E-state index in [1.165, 1.54) is 23.1 Å². The van der Waals surface area contributed by atoms with Gasteiger partial charge in [0, 0.05) is 0 Å². The van der Waals surface area contributed by atoms with Crippen molar-refractivity contribution in [1.29, 1.82) is 0 Å². The van der Waals surface area contributed by atoms with E-state index in [0.29, 0.717) is 10.8 Å². The second kappa shape index (κ2) is 4.27. The van der Waals surface area contributed by atoms with E-state index in [9.17, 15) is 4.79 Å². The second-order valence-electron chi connectivity index (χ2n) is 3.08. The van der Waals surface area contributed by atoms with Crippen molar-refractivity contribution in [3.05, 3.63) is 5.01 Å². The second-order valence-corrected chi connectivity index (χ2v) is 6.01. The summed E-state index contributed by atoms with van der Waals surface area (Å²) in [5.41, 5.74) is 0. The highest BCUT2D eigenvalue weighted by atomic mass is 32.2. The van der Waals surface area contributed by atoms with Crippen LogP contribution in [0.3, 0.4) is 0 Å². The van der Waals surface area contributed by atoms with Gasteiger partial charge in [0.25, 0.3) is 0 Å². The van der Waals surface area contributed by atoms with Gasteiger partial charge in [0.15, 0.2) is 4.34 Å². The number of aryl methyl sites for hydroxylation is 1. The van der Waals surface area contributed by atoms with Gasteiger partial charge in [-0.25, -0.2) is 0 Å². The van der Waals surface area contributed by atoms with Crippen LogP contribution < -0.4 is 0 Å². The lowest BCUT2D eigenvalue weighted by Gasteiger charge is -2.19. The van der Waals surface area contributed by atoms with Gasteiger partial charge in [-0.2, -0.15) is 0 Å². The number of rotatable bonds is 4. The average Bonchev–Trinajstić information content (AvgIpc) is 2.50. The van der Waals surface area contributed by atoms with Crippen LogP contribution in [-0.2, 0) is 4.79 Å². The zero-order chi connectivity index (χ0) is 10.8. The Kier molecular flexibility index (Phi) is 3.49. The highest BCUT2D eigenvalue weighted by Crippen LogP contribution is 2.36. The van der Waals surface area contributed by atoms with Gasteiger partial charge in [0.2, 0.25) is 0 Å². The van der Waals surface area contributed by atoms with Crippen LogP contribution >= 0.6 is 23.1 Å². The summed E-state index contributed by atoms with van der Waals surface area (Å²) in [5.74, 6) is -0.808. The van der Waals surface area contributed by atoms with Crippen molar-refractivity contribution in [2.45, 2.75) is 36.3 Å². The van der Waals surface area contributed by atoms with E-state index in [2.05, 4.69) is 10.2 Å². The molecule has 1 aromatic heterocycles. The molecule has 0 radical (unpaired) electrons. The fraction of sp³-hybridized carbons (Fsp3) is 0.625. The molecule has 1 rings (SSSR count). The monoisotopic (exact) mass is 232 g/mol. The highest BCUT2D eigenvalue weighted by Gasteiger charge is 2.33. The van der Waals surface area contributed by atoms with E-state index in [0.717, 1.165) is 5.01 Å². The van der Waals surface area contributed by atoms with E-state index in [4.69, 9.17) is 5.11 Å². The summed E-state index contributed by atoms with van der Waals surface area (Å²) in [6.45, 7) is 5.41. The fourth-order valence-electron chi connectivity index (χ4n) is 0.779. The van der Waals surface area contributed by atoms with Crippen LogP contribution in [0.5, 0.6) is 0 Å². The molecule has 0 spiro atoms. The lowest BCUT2D eigenvalue weighted by atomic mass is 10.1. The Morgan fingerprint density at radius 2 is 2.29 bits per heavy atom. The number of carboxylic acids is 1. The summed E-state index contributed by atoms with van der Waals surface area (Å²) >= 11 is 2.69. The maximum Gasteiger partial charge on any atom is 0.319 e. The first kappa shape index (κ1) is 11.5. The number of aromatic nitrogens is 2. The third kappa shape index (κ3) is 2.45. The van der Waals surface area contributed by atoms with Crippen molar-refractivity contribution in [3.8, 4) is 0 Å². The van der Waals surface area contributed by atoms with E-state index in [1.54, 1.807) is 6.92 Å². The zero-order valence-corrected chi connectivity index (χ0v) is 9.91. The first-order valence-electron chi connectivity index (χ1n) is 4.20. The van der Waals surface area contributed by atoms with Crippen LogP contribution in [0.4, 0.5) is 0 Å². The minimum absolute atomic E-state index is 0.561. The summed E-state index contributed by atoms with van der Waals surface area (Å²) in [7, 11) is 0. The minimum Gasteiger partial charge on any atom is -0.480 e. The van der Waals surface area contributed by atoms with Gasteiger partial charge in [-0.3, -0.25) is 4.79 Å².